The molecule has 0 saturated carbocycles. The highest BCUT2D eigenvalue weighted by Crippen LogP contribution is 2.25. The molecule has 0 amide bonds. The van der Waals surface area contributed by atoms with Gasteiger partial charge >= 0.3 is 0 Å². The second-order valence-electron chi connectivity index (χ2n) is 4.71. The second-order valence-corrected chi connectivity index (χ2v) is 6.50. The summed E-state index contributed by atoms with van der Waals surface area (Å²) in [5, 5.41) is 6.86. The number of nitrogens with zero attached hydrogens (tertiary/aromatic N) is 1. The minimum atomic E-state index is 0.326. The van der Waals surface area contributed by atoms with Crippen molar-refractivity contribution in [3.63, 3.8) is 0 Å². The molecule has 102 valence electrons. The molecule has 0 aliphatic rings. The lowest BCUT2D eigenvalue weighted by Gasteiger charge is -2.18. The number of likely N-dealkylation sites (N-methyl/N-ethyl adjacent to an activating group) is 1. The first-order valence-corrected chi connectivity index (χ1v) is 8.18. The Kier molecular flexibility index (Phi) is 5.13. The van der Waals surface area contributed by atoms with E-state index < -0.39 is 0 Å². The van der Waals surface area contributed by atoms with Crippen LogP contribution in [0.25, 0.3) is 0 Å². The van der Waals surface area contributed by atoms with Crippen LogP contribution in [0.4, 0.5) is 0 Å². The fourth-order valence-electron chi connectivity index (χ4n) is 2.05. The number of nitrogens with one attached hydrogen (secondary N) is 1. The molecule has 1 heterocycles. The first-order chi connectivity index (χ1) is 9.10. The molecule has 0 aliphatic carbocycles. The molecule has 0 aliphatic heterocycles. The van der Waals surface area contributed by atoms with E-state index in [1.807, 2.05) is 6.92 Å². The van der Waals surface area contributed by atoms with Crippen LogP contribution in [-0.4, -0.2) is 11.5 Å². The van der Waals surface area contributed by atoms with Gasteiger partial charge < -0.3 is 5.32 Å². The van der Waals surface area contributed by atoms with Crippen LogP contribution in [0.5, 0.6) is 0 Å². The van der Waals surface area contributed by atoms with Gasteiger partial charge in [-0.05, 0) is 37.6 Å². The highest BCUT2D eigenvalue weighted by atomic mass is 79.9. The molecule has 19 heavy (non-hydrogen) atoms. The first-order valence-electron chi connectivity index (χ1n) is 6.50. The summed E-state index contributed by atoms with van der Waals surface area (Å²) < 4.78 is 1.17. The highest BCUT2D eigenvalue weighted by Gasteiger charge is 2.14. The Morgan fingerprint density at radius 1 is 1.37 bits per heavy atom. The Balaban J connectivity index is 2.21. The Morgan fingerprint density at radius 3 is 2.74 bits per heavy atom. The van der Waals surface area contributed by atoms with E-state index in [4.69, 9.17) is 0 Å². The lowest BCUT2D eigenvalue weighted by Crippen LogP contribution is -2.23. The number of hydrogen-bond acceptors (Lipinski definition) is 3. The van der Waals surface area contributed by atoms with Gasteiger partial charge in [-0.1, -0.05) is 35.0 Å². The average Bonchev–Trinajstić information content (AvgIpc) is 2.78. The normalized spacial score (nSPS) is 12.6. The fourth-order valence-corrected chi connectivity index (χ4v) is 3.27. The van der Waals surface area contributed by atoms with Crippen molar-refractivity contribution in [3.8, 4) is 0 Å². The fraction of sp³-hybridized carbons (Fsp3) is 0.400. The average molecular weight is 339 g/mol. The van der Waals surface area contributed by atoms with E-state index in [1.165, 1.54) is 20.6 Å². The quantitative estimate of drug-likeness (QED) is 0.872. The van der Waals surface area contributed by atoms with Gasteiger partial charge in [0.15, 0.2) is 0 Å². The summed E-state index contributed by atoms with van der Waals surface area (Å²) in [6.07, 6.45) is 0.946. The Bertz CT molecular complexity index is 551. The van der Waals surface area contributed by atoms with Gasteiger partial charge in [-0.3, -0.25) is 0 Å². The van der Waals surface area contributed by atoms with E-state index in [0.29, 0.717) is 6.04 Å². The van der Waals surface area contributed by atoms with Gasteiger partial charge in [-0.2, -0.15) is 0 Å². The van der Waals surface area contributed by atoms with Crippen molar-refractivity contribution in [3.05, 3.63) is 49.9 Å². The molecular weight excluding hydrogens is 320 g/mol. The second kappa shape index (κ2) is 6.64. The van der Waals surface area contributed by atoms with Crippen LogP contribution in [0.15, 0.2) is 28.1 Å². The van der Waals surface area contributed by atoms with Crippen LogP contribution in [0.1, 0.15) is 34.8 Å². The van der Waals surface area contributed by atoms with Gasteiger partial charge in [0, 0.05) is 28.0 Å². The van der Waals surface area contributed by atoms with E-state index >= 15 is 0 Å². The van der Waals surface area contributed by atoms with Gasteiger partial charge in [0.25, 0.3) is 0 Å². The standard InChI is InChI=1S/C15H19BrN2S/c1-4-17-14(8-15-18-11(3)9-19-15)12-6-5-10(2)13(16)7-12/h5-7,9,14,17H,4,8H2,1-3H3. The number of aromatic nitrogens is 1. The van der Waals surface area contributed by atoms with Crippen molar-refractivity contribution in [1.82, 2.24) is 10.3 Å². The summed E-state index contributed by atoms with van der Waals surface area (Å²) in [6.45, 7) is 7.26. The summed E-state index contributed by atoms with van der Waals surface area (Å²) in [7, 11) is 0. The van der Waals surface area contributed by atoms with Crippen LogP contribution in [-0.2, 0) is 6.42 Å². The lowest BCUT2D eigenvalue weighted by molar-refractivity contribution is 0.548. The molecule has 0 bridgehead atoms. The molecule has 0 radical (unpaired) electrons. The van der Waals surface area contributed by atoms with Crippen molar-refractivity contribution < 1.29 is 0 Å². The number of rotatable bonds is 5. The first kappa shape index (κ1) is 14.7. The zero-order valence-electron chi connectivity index (χ0n) is 11.5. The molecule has 0 saturated heterocycles. The number of benzene rings is 1. The number of aryl methyl sites for hydroxylation is 2. The summed E-state index contributed by atoms with van der Waals surface area (Å²) in [5.41, 5.74) is 3.69. The Morgan fingerprint density at radius 2 is 2.16 bits per heavy atom. The third-order valence-electron chi connectivity index (χ3n) is 3.09. The third-order valence-corrected chi connectivity index (χ3v) is 4.94. The Labute approximate surface area is 127 Å². The minimum Gasteiger partial charge on any atom is -0.310 e. The number of halogens is 1. The zero-order chi connectivity index (χ0) is 13.8. The molecule has 4 heteroatoms. The molecule has 1 atom stereocenters. The maximum absolute atomic E-state index is 4.57. The smallest absolute Gasteiger partial charge is 0.0947 e. The Hall–Kier alpha value is -0.710. The monoisotopic (exact) mass is 338 g/mol. The van der Waals surface area contributed by atoms with Gasteiger partial charge in [-0.15, -0.1) is 11.3 Å². The SMILES string of the molecule is CCNC(Cc1nc(C)cs1)c1ccc(C)c(Br)c1. The third kappa shape index (κ3) is 3.88. The highest BCUT2D eigenvalue weighted by molar-refractivity contribution is 9.10. The van der Waals surface area contributed by atoms with E-state index in [1.54, 1.807) is 11.3 Å². The molecule has 0 fully saturated rings. The largest absolute Gasteiger partial charge is 0.310 e. The molecule has 1 N–H and O–H groups in total. The van der Waals surface area contributed by atoms with Crippen molar-refractivity contribution in [2.24, 2.45) is 0 Å². The minimum absolute atomic E-state index is 0.326. The lowest BCUT2D eigenvalue weighted by atomic mass is 10.0. The van der Waals surface area contributed by atoms with E-state index in [2.05, 4.69) is 63.7 Å². The molecule has 1 aromatic carbocycles. The molecule has 0 spiro atoms. The summed E-state index contributed by atoms with van der Waals surface area (Å²) in [6, 6.07) is 6.90. The van der Waals surface area contributed by atoms with Crippen LogP contribution in [0.2, 0.25) is 0 Å². The predicted octanol–water partition coefficient (Wildman–Crippen LogP) is 4.42. The van der Waals surface area contributed by atoms with Crippen molar-refractivity contribution in [2.75, 3.05) is 6.54 Å². The van der Waals surface area contributed by atoms with Crippen molar-refractivity contribution in [1.29, 1.82) is 0 Å². The predicted molar refractivity (Wildman–Crippen MR) is 85.9 cm³/mol. The maximum atomic E-state index is 4.57. The summed E-state index contributed by atoms with van der Waals surface area (Å²) >= 11 is 5.36. The number of hydrogen-bond donors (Lipinski definition) is 1. The molecule has 1 aromatic heterocycles. The van der Waals surface area contributed by atoms with Gasteiger partial charge in [0.1, 0.15) is 0 Å². The van der Waals surface area contributed by atoms with Gasteiger partial charge in [0.05, 0.1) is 5.01 Å². The van der Waals surface area contributed by atoms with Crippen molar-refractivity contribution in [2.45, 2.75) is 33.2 Å². The zero-order valence-corrected chi connectivity index (χ0v) is 13.9. The van der Waals surface area contributed by atoms with Gasteiger partial charge in [-0.25, -0.2) is 4.98 Å². The summed E-state index contributed by atoms with van der Waals surface area (Å²) in [4.78, 5) is 4.57. The van der Waals surface area contributed by atoms with Crippen LogP contribution in [0, 0.1) is 13.8 Å². The molecule has 1 unspecified atom stereocenters. The van der Waals surface area contributed by atoms with E-state index in [0.717, 1.165) is 18.7 Å². The van der Waals surface area contributed by atoms with E-state index in [-0.39, 0.29) is 0 Å². The molecule has 2 nitrogen and oxygen atoms in total. The van der Waals surface area contributed by atoms with E-state index in [9.17, 15) is 0 Å². The topological polar surface area (TPSA) is 24.9 Å². The maximum Gasteiger partial charge on any atom is 0.0947 e. The number of thiazole rings is 1. The molecule has 2 rings (SSSR count). The van der Waals surface area contributed by atoms with Crippen LogP contribution < -0.4 is 5.32 Å². The molecule has 2 aromatic rings. The van der Waals surface area contributed by atoms with Crippen LogP contribution in [0.3, 0.4) is 0 Å². The van der Waals surface area contributed by atoms with Gasteiger partial charge in [0.2, 0.25) is 0 Å². The summed E-state index contributed by atoms with van der Waals surface area (Å²) in [5.74, 6) is 0. The molecular formula is C15H19BrN2S. The van der Waals surface area contributed by atoms with Crippen molar-refractivity contribution >= 4 is 27.3 Å². The van der Waals surface area contributed by atoms with Crippen LogP contribution >= 0.6 is 27.3 Å².